The van der Waals surface area contributed by atoms with Crippen LogP contribution in [0.1, 0.15) is 13.3 Å². The van der Waals surface area contributed by atoms with Gasteiger partial charge in [0.2, 0.25) is 0 Å². The molecule has 11 heavy (non-hydrogen) atoms. The SMILES string of the molecule is CCCN1CC2(CN(N)C2)C1. The minimum atomic E-state index is 0.615. The van der Waals surface area contributed by atoms with Gasteiger partial charge in [0.05, 0.1) is 0 Å². The van der Waals surface area contributed by atoms with Crippen molar-refractivity contribution in [1.29, 1.82) is 0 Å². The third kappa shape index (κ3) is 1.17. The number of hydrazine groups is 1. The van der Waals surface area contributed by atoms with Gasteiger partial charge in [-0.25, -0.2) is 5.01 Å². The maximum absolute atomic E-state index is 5.60. The van der Waals surface area contributed by atoms with Crippen LogP contribution in [0.25, 0.3) is 0 Å². The molecule has 3 nitrogen and oxygen atoms in total. The predicted octanol–water partition coefficient (Wildman–Crippen LogP) is -0.112. The van der Waals surface area contributed by atoms with Crippen molar-refractivity contribution in [3.8, 4) is 0 Å². The second-order valence-corrected chi connectivity index (χ2v) is 4.12. The van der Waals surface area contributed by atoms with E-state index >= 15 is 0 Å². The second-order valence-electron chi connectivity index (χ2n) is 4.12. The smallest absolute Gasteiger partial charge is 0.0240 e. The quantitative estimate of drug-likeness (QED) is 0.565. The topological polar surface area (TPSA) is 32.5 Å². The van der Waals surface area contributed by atoms with Crippen LogP contribution >= 0.6 is 0 Å². The van der Waals surface area contributed by atoms with Crippen molar-refractivity contribution in [2.75, 3.05) is 32.7 Å². The number of likely N-dealkylation sites (tertiary alicyclic amines) is 1. The van der Waals surface area contributed by atoms with Gasteiger partial charge >= 0.3 is 0 Å². The van der Waals surface area contributed by atoms with Crippen molar-refractivity contribution >= 4 is 0 Å². The molecule has 2 heterocycles. The molecule has 2 fully saturated rings. The first kappa shape index (κ1) is 7.53. The Labute approximate surface area is 68.1 Å². The van der Waals surface area contributed by atoms with E-state index in [0.717, 1.165) is 13.1 Å². The minimum absolute atomic E-state index is 0.615. The van der Waals surface area contributed by atoms with Gasteiger partial charge in [-0.2, -0.15) is 0 Å². The molecule has 1 spiro atoms. The highest BCUT2D eigenvalue weighted by atomic mass is 15.5. The number of rotatable bonds is 2. The molecule has 0 aromatic carbocycles. The lowest BCUT2D eigenvalue weighted by Crippen LogP contribution is -2.73. The first-order valence-corrected chi connectivity index (χ1v) is 4.46. The highest BCUT2D eigenvalue weighted by molar-refractivity contribution is 5.03. The molecule has 0 saturated carbocycles. The summed E-state index contributed by atoms with van der Waals surface area (Å²) in [4.78, 5) is 2.52. The zero-order valence-corrected chi connectivity index (χ0v) is 7.21. The number of hydrogen-bond acceptors (Lipinski definition) is 3. The number of hydrogen-bond donors (Lipinski definition) is 1. The fourth-order valence-corrected chi connectivity index (χ4v) is 2.39. The largest absolute Gasteiger partial charge is 0.302 e. The molecule has 0 amide bonds. The summed E-state index contributed by atoms with van der Waals surface area (Å²) in [6.07, 6.45) is 1.28. The van der Waals surface area contributed by atoms with Crippen LogP contribution in [0.2, 0.25) is 0 Å². The van der Waals surface area contributed by atoms with Crippen LogP contribution in [0.4, 0.5) is 0 Å². The first-order valence-electron chi connectivity index (χ1n) is 4.46. The van der Waals surface area contributed by atoms with Crippen molar-refractivity contribution in [2.45, 2.75) is 13.3 Å². The molecule has 0 unspecified atom stereocenters. The van der Waals surface area contributed by atoms with Gasteiger partial charge in [-0.3, -0.25) is 5.84 Å². The summed E-state index contributed by atoms with van der Waals surface area (Å²) in [6, 6.07) is 0. The van der Waals surface area contributed by atoms with Gasteiger partial charge in [0.25, 0.3) is 0 Å². The van der Waals surface area contributed by atoms with Gasteiger partial charge in [0.1, 0.15) is 0 Å². The Balaban J connectivity index is 1.72. The highest BCUT2D eigenvalue weighted by Gasteiger charge is 2.50. The van der Waals surface area contributed by atoms with Crippen LogP contribution < -0.4 is 5.84 Å². The summed E-state index contributed by atoms with van der Waals surface area (Å²) < 4.78 is 0. The summed E-state index contributed by atoms with van der Waals surface area (Å²) in [7, 11) is 0. The summed E-state index contributed by atoms with van der Waals surface area (Å²) in [5, 5.41) is 1.92. The number of nitrogens with two attached hydrogens (primary N) is 1. The Morgan fingerprint density at radius 1 is 1.27 bits per heavy atom. The van der Waals surface area contributed by atoms with Gasteiger partial charge in [-0.05, 0) is 13.0 Å². The van der Waals surface area contributed by atoms with Crippen molar-refractivity contribution < 1.29 is 0 Å². The molecular weight excluding hydrogens is 138 g/mol. The fourth-order valence-electron chi connectivity index (χ4n) is 2.39. The van der Waals surface area contributed by atoms with E-state index in [1.807, 2.05) is 5.01 Å². The first-order chi connectivity index (χ1) is 5.24. The van der Waals surface area contributed by atoms with Crippen LogP contribution in [0.15, 0.2) is 0 Å². The maximum atomic E-state index is 5.60. The molecule has 2 rings (SSSR count). The molecule has 2 N–H and O–H groups in total. The normalized spacial score (nSPS) is 30.0. The Morgan fingerprint density at radius 2 is 1.91 bits per heavy atom. The molecule has 0 radical (unpaired) electrons. The van der Waals surface area contributed by atoms with E-state index in [-0.39, 0.29) is 0 Å². The van der Waals surface area contributed by atoms with Crippen molar-refractivity contribution in [2.24, 2.45) is 11.3 Å². The van der Waals surface area contributed by atoms with E-state index in [4.69, 9.17) is 5.84 Å². The van der Waals surface area contributed by atoms with Gasteiger partial charge < -0.3 is 4.90 Å². The Morgan fingerprint density at radius 3 is 2.36 bits per heavy atom. The van der Waals surface area contributed by atoms with Crippen molar-refractivity contribution in [1.82, 2.24) is 9.91 Å². The average Bonchev–Trinajstić information content (AvgIpc) is 1.80. The van der Waals surface area contributed by atoms with Crippen molar-refractivity contribution in [3.05, 3.63) is 0 Å². The second kappa shape index (κ2) is 2.44. The maximum Gasteiger partial charge on any atom is 0.0240 e. The summed E-state index contributed by atoms with van der Waals surface area (Å²) >= 11 is 0. The Bertz CT molecular complexity index is 143. The van der Waals surface area contributed by atoms with E-state index in [9.17, 15) is 0 Å². The zero-order valence-electron chi connectivity index (χ0n) is 7.21. The van der Waals surface area contributed by atoms with Gasteiger partial charge in [-0.1, -0.05) is 6.92 Å². The third-order valence-corrected chi connectivity index (χ3v) is 2.73. The molecule has 3 heteroatoms. The molecule has 0 atom stereocenters. The lowest BCUT2D eigenvalue weighted by molar-refractivity contribution is -0.115. The molecule has 64 valence electrons. The third-order valence-electron chi connectivity index (χ3n) is 2.73. The van der Waals surface area contributed by atoms with E-state index in [0.29, 0.717) is 5.41 Å². The lowest BCUT2D eigenvalue weighted by Gasteiger charge is -2.59. The van der Waals surface area contributed by atoms with Gasteiger partial charge in [-0.15, -0.1) is 0 Å². The van der Waals surface area contributed by atoms with Crippen LogP contribution in [-0.2, 0) is 0 Å². The van der Waals surface area contributed by atoms with E-state index in [1.165, 1.54) is 26.1 Å². The molecule has 0 aromatic heterocycles. The average molecular weight is 155 g/mol. The molecule has 2 aliphatic rings. The molecule has 2 aliphatic heterocycles. The van der Waals surface area contributed by atoms with E-state index in [2.05, 4.69) is 11.8 Å². The molecule has 0 aliphatic carbocycles. The zero-order chi connectivity index (χ0) is 7.90. The lowest BCUT2D eigenvalue weighted by atomic mass is 9.74. The summed E-state index contributed by atoms with van der Waals surface area (Å²) in [5.74, 6) is 5.60. The monoisotopic (exact) mass is 155 g/mol. The van der Waals surface area contributed by atoms with Crippen LogP contribution in [0.3, 0.4) is 0 Å². The molecule has 0 aromatic rings. The Kier molecular flexibility index (Phi) is 1.67. The summed E-state index contributed by atoms with van der Waals surface area (Å²) in [6.45, 7) is 8.32. The molecule has 2 saturated heterocycles. The highest BCUT2D eigenvalue weighted by Crippen LogP contribution is 2.37. The number of nitrogens with zero attached hydrogens (tertiary/aromatic N) is 2. The molecular formula is C8H17N3. The summed E-state index contributed by atoms with van der Waals surface area (Å²) in [5.41, 5.74) is 0.615. The van der Waals surface area contributed by atoms with Crippen LogP contribution in [-0.4, -0.2) is 42.6 Å². The minimum Gasteiger partial charge on any atom is -0.302 e. The van der Waals surface area contributed by atoms with Gasteiger partial charge in [0, 0.05) is 31.6 Å². The standard InChI is InChI=1S/C8H17N3/c1-2-3-10-4-8(5-10)6-11(9)7-8/h2-7,9H2,1H3. The fraction of sp³-hybridized carbons (Fsp3) is 1.00. The van der Waals surface area contributed by atoms with Crippen LogP contribution in [0.5, 0.6) is 0 Å². The van der Waals surface area contributed by atoms with E-state index in [1.54, 1.807) is 0 Å². The van der Waals surface area contributed by atoms with Gasteiger partial charge in [0.15, 0.2) is 0 Å². The molecule has 0 bridgehead atoms. The predicted molar refractivity (Wildman–Crippen MR) is 44.9 cm³/mol. The van der Waals surface area contributed by atoms with Crippen LogP contribution in [0, 0.1) is 5.41 Å². The Hall–Kier alpha value is -0.120. The van der Waals surface area contributed by atoms with E-state index < -0.39 is 0 Å². The van der Waals surface area contributed by atoms with Crippen molar-refractivity contribution in [3.63, 3.8) is 0 Å².